The van der Waals surface area contributed by atoms with Gasteiger partial charge in [-0.3, -0.25) is 4.79 Å². The molecule has 0 spiro atoms. The van der Waals surface area contributed by atoms with Crippen molar-refractivity contribution in [2.75, 3.05) is 0 Å². The monoisotopic (exact) mass is 436 g/mol. The maximum Gasteiger partial charge on any atom is 0.244 e. The van der Waals surface area contributed by atoms with E-state index in [1.54, 1.807) is 12.1 Å². The van der Waals surface area contributed by atoms with Crippen molar-refractivity contribution in [1.29, 1.82) is 0 Å². The summed E-state index contributed by atoms with van der Waals surface area (Å²) in [6.45, 7) is 0. The van der Waals surface area contributed by atoms with E-state index in [0.29, 0.717) is 16.9 Å². The van der Waals surface area contributed by atoms with Crippen molar-refractivity contribution in [2.24, 2.45) is 15.3 Å². The van der Waals surface area contributed by atoms with Gasteiger partial charge in [-0.05, 0) is 42.0 Å². The number of hydrazone groups is 1. The van der Waals surface area contributed by atoms with E-state index in [4.69, 9.17) is 0 Å². The van der Waals surface area contributed by atoms with E-state index in [1.807, 2.05) is 54.6 Å². The molecule has 3 aromatic rings. The van der Waals surface area contributed by atoms with Gasteiger partial charge in [-0.1, -0.05) is 52.3 Å². The van der Waals surface area contributed by atoms with Crippen molar-refractivity contribution in [1.82, 2.24) is 5.43 Å². The Bertz CT molecular complexity index is 1020. The van der Waals surface area contributed by atoms with E-state index in [1.165, 1.54) is 12.3 Å². The van der Waals surface area contributed by atoms with E-state index in [2.05, 4.69) is 36.7 Å². The van der Waals surface area contributed by atoms with Gasteiger partial charge < -0.3 is 5.11 Å². The molecule has 0 radical (unpaired) electrons. The number of phenols is 1. The third-order valence-electron chi connectivity index (χ3n) is 3.70. The minimum atomic E-state index is -0.243. The zero-order chi connectivity index (χ0) is 19.8. The molecule has 0 aromatic heterocycles. The van der Waals surface area contributed by atoms with Crippen LogP contribution in [0.2, 0.25) is 0 Å². The first-order valence-electron chi connectivity index (χ1n) is 8.46. The molecule has 1 amide bonds. The minimum Gasteiger partial charge on any atom is -0.507 e. The second kappa shape index (κ2) is 9.57. The van der Waals surface area contributed by atoms with Gasteiger partial charge in [0.2, 0.25) is 5.91 Å². The number of azo groups is 1. The molecule has 0 bridgehead atoms. The largest absolute Gasteiger partial charge is 0.507 e. The molecule has 6 nitrogen and oxygen atoms in total. The highest BCUT2D eigenvalue weighted by atomic mass is 79.9. The molecule has 7 heteroatoms. The lowest BCUT2D eigenvalue weighted by Crippen LogP contribution is -2.19. The number of phenolic OH excluding ortho intramolecular Hbond substituents is 1. The number of halogens is 1. The number of nitrogens with one attached hydrogen (secondary N) is 1. The first kappa shape index (κ1) is 19.4. The Morgan fingerprint density at radius 2 is 1.71 bits per heavy atom. The van der Waals surface area contributed by atoms with E-state index < -0.39 is 0 Å². The molecule has 2 N–H and O–H groups in total. The number of carbonyl (C=O) groups excluding carboxylic acids is 1. The quantitative estimate of drug-likeness (QED) is 0.313. The van der Waals surface area contributed by atoms with Gasteiger partial charge in [0.15, 0.2) is 0 Å². The molecule has 3 rings (SSSR count). The van der Waals surface area contributed by atoms with Gasteiger partial charge in [0.25, 0.3) is 0 Å². The van der Waals surface area contributed by atoms with Crippen molar-refractivity contribution in [3.8, 4) is 5.75 Å². The Morgan fingerprint density at radius 1 is 0.964 bits per heavy atom. The summed E-state index contributed by atoms with van der Waals surface area (Å²) in [4.78, 5) is 11.9. The molecule has 0 saturated carbocycles. The summed E-state index contributed by atoms with van der Waals surface area (Å²) in [5, 5.41) is 22.2. The number of hydrogen-bond acceptors (Lipinski definition) is 5. The maximum atomic E-state index is 11.9. The zero-order valence-electron chi connectivity index (χ0n) is 14.8. The summed E-state index contributed by atoms with van der Waals surface area (Å²) < 4.78 is 0.911. The lowest BCUT2D eigenvalue weighted by Gasteiger charge is -2.02. The van der Waals surface area contributed by atoms with Gasteiger partial charge in [0, 0.05) is 10.0 Å². The highest BCUT2D eigenvalue weighted by Gasteiger charge is 2.03. The van der Waals surface area contributed by atoms with Crippen LogP contribution >= 0.6 is 15.9 Å². The van der Waals surface area contributed by atoms with Crippen LogP contribution < -0.4 is 5.43 Å². The number of carbonyl (C=O) groups is 1. The van der Waals surface area contributed by atoms with Crippen LogP contribution in [0, 0.1) is 0 Å². The number of amides is 1. The predicted molar refractivity (Wildman–Crippen MR) is 112 cm³/mol. The summed E-state index contributed by atoms with van der Waals surface area (Å²) in [6, 6.07) is 21.6. The number of rotatable bonds is 6. The number of nitrogens with zero attached hydrogens (tertiary/aromatic N) is 3. The summed E-state index contributed by atoms with van der Waals surface area (Å²) in [5.41, 5.74) is 5.02. The van der Waals surface area contributed by atoms with Crippen molar-refractivity contribution < 1.29 is 9.90 Å². The predicted octanol–water partition coefficient (Wildman–Crippen LogP) is 5.26. The van der Waals surface area contributed by atoms with E-state index in [9.17, 15) is 9.90 Å². The van der Waals surface area contributed by atoms with Crippen LogP contribution in [0.3, 0.4) is 0 Å². The van der Waals surface area contributed by atoms with Crippen LogP contribution in [-0.4, -0.2) is 17.2 Å². The van der Waals surface area contributed by atoms with Gasteiger partial charge in [0.1, 0.15) is 5.75 Å². The van der Waals surface area contributed by atoms with Gasteiger partial charge in [-0.25, -0.2) is 5.43 Å². The molecular formula is C21H17BrN4O2. The Labute approximate surface area is 170 Å². The second-order valence-corrected chi connectivity index (χ2v) is 6.79. The topological polar surface area (TPSA) is 86.4 Å². The molecule has 3 aromatic carbocycles. The number of hydrogen-bond donors (Lipinski definition) is 2. The van der Waals surface area contributed by atoms with E-state index in [-0.39, 0.29) is 18.1 Å². The third-order valence-corrected chi connectivity index (χ3v) is 4.19. The molecule has 0 fully saturated rings. The van der Waals surface area contributed by atoms with Crippen LogP contribution in [-0.2, 0) is 11.2 Å². The summed E-state index contributed by atoms with van der Waals surface area (Å²) in [5.74, 6) is -0.213. The van der Waals surface area contributed by atoms with E-state index >= 15 is 0 Å². The summed E-state index contributed by atoms with van der Waals surface area (Å²) in [6.07, 6.45) is 1.60. The Hall–Kier alpha value is -3.32. The summed E-state index contributed by atoms with van der Waals surface area (Å²) in [7, 11) is 0. The van der Waals surface area contributed by atoms with Gasteiger partial charge in [-0.2, -0.15) is 15.3 Å². The van der Waals surface area contributed by atoms with Gasteiger partial charge >= 0.3 is 0 Å². The SMILES string of the molecule is O=C(Cc1ccccc1)N/N=C\c1cc(N=Nc2cccc(Br)c2)ccc1O. The standard InChI is InChI=1S/C21H17BrN4O2/c22-17-7-4-8-18(13-17)24-25-19-9-10-20(27)16(12-19)14-23-26-21(28)11-15-5-2-1-3-6-15/h1-10,12-14,27H,11H2,(H,26,28)/b23-14-,25-24?. The van der Waals surface area contributed by atoms with Crippen LogP contribution in [0.1, 0.15) is 11.1 Å². The summed E-state index contributed by atoms with van der Waals surface area (Å²) >= 11 is 3.38. The highest BCUT2D eigenvalue weighted by Crippen LogP contribution is 2.25. The molecular weight excluding hydrogens is 420 g/mol. The molecule has 0 heterocycles. The van der Waals surface area contributed by atoms with Crippen LogP contribution in [0.25, 0.3) is 0 Å². The molecule has 0 saturated heterocycles. The van der Waals surface area contributed by atoms with Gasteiger partial charge in [0.05, 0.1) is 24.0 Å². The Kier molecular flexibility index (Phi) is 6.64. The van der Waals surface area contributed by atoms with Crippen LogP contribution in [0.15, 0.2) is 92.6 Å². The van der Waals surface area contributed by atoms with Crippen LogP contribution in [0.4, 0.5) is 11.4 Å². The second-order valence-electron chi connectivity index (χ2n) is 5.88. The Balaban J connectivity index is 1.64. The fraction of sp³-hybridized carbons (Fsp3) is 0.0476. The van der Waals surface area contributed by atoms with Crippen molar-refractivity contribution in [3.05, 3.63) is 88.4 Å². The molecule has 0 aliphatic carbocycles. The fourth-order valence-electron chi connectivity index (χ4n) is 2.36. The number of aromatic hydroxyl groups is 1. The fourth-order valence-corrected chi connectivity index (χ4v) is 2.74. The van der Waals surface area contributed by atoms with E-state index in [0.717, 1.165) is 10.0 Å². The first-order valence-corrected chi connectivity index (χ1v) is 9.25. The average Bonchev–Trinajstić information content (AvgIpc) is 2.69. The molecule has 140 valence electrons. The normalized spacial score (nSPS) is 11.2. The molecule has 0 atom stereocenters. The molecule has 0 aliphatic rings. The van der Waals surface area contributed by atoms with Crippen molar-refractivity contribution in [2.45, 2.75) is 6.42 Å². The van der Waals surface area contributed by atoms with Gasteiger partial charge in [-0.15, -0.1) is 0 Å². The first-order chi connectivity index (χ1) is 13.6. The average molecular weight is 437 g/mol. The number of benzene rings is 3. The van der Waals surface area contributed by atoms with Crippen molar-refractivity contribution in [3.63, 3.8) is 0 Å². The lowest BCUT2D eigenvalue weighted by atomic mass is 10.1. The third kappa shape index (κ3) is 5.85. The highest BCUT2D eigenvalue weighted by molar-refractivity contribution is 9.10. The van der Waals surface area contributed by atoms with Crippen molar-refractivity contribution >= 4 is 39.4 Å². The lowest BCUT2D eigenvalue weighted by molar-refractivity contribution is -0.120. The smallest absolute Gasteiger partial charge is 0.244 e. The molecule has 0 aliphatic heterocycles. The zero-order valence-corrected chi connectivity index (χ0v) is 16.4. The Morgan fingerprint density at radius 3 is 2.46 bits per heavy atom. The minimum absolute atomic E-state index is 0.0301. The molecule has 0 unspecified atom stereocenters. The van der Waals surface area contributed by atoms with Crippen LogP contribution in [0.5, 0.6) is 5.75 Å². The molecule has 28 heavy (non-hydrogen) atoms. The maximum absolute atomic E-state index is 11.9.